The second kappa shape index (κ2) is 6.89. The molecular weight excluding hydrogens is 312 g/mol. The van der Waals surface area contributed by atoms with Crippen LogP contribution in [0.15, 0.2) is 36.4 Å². The van der Waals surface area contributed by atoms with E-state index in [9.17, 15) is 4.79 Å². The fourth-order valence-corrected chi connectivity index (χ4v) is 3.18. The SMILES string of the molecule is COc1cc(C(C)(C)C)ccc1C(=O)Nc1cccc2c1CCNC2. The van der Waals surface area contributed by atoms with Crippen molar-refractivity contribution in [2.75, 3.05) is 19.0 Å². The number of carbonyl (C=O) groups is 1. The number of anilines is 1. The molecule has 0 saturated heterocycles. The lowest BCUT2D eigenvalue weighted by molar-refractivity contribution is 0.102. The van der Waals surface area contributed by atoms with Gasteiger partial charge in [-0.25, -0.2) is 0 Å². The van der Waals surface area contributed by atoms with Gasteiger partial charge in [0, 0.05) is 12.2 Å². The number of hydrogen-bond acceptors (Lipinski definition) is 3. The molecule has 0 bridgehead atoms. The highest BCUT2D eigenvalue weighted by molar-refractivity contribution is 6.06. The van der Waals surface area contributed by atoms with Crippen LogP contribution in [-0.4, -0.2) is 19.6 Å². The van der Waals surface area contributed by atoms with E-state index in [-0.39, 0.29) is 11.3 Å². The van der Waals surface area contributed by atoms with E-state index in [4.69, 9.17) is 4.74 Å². The average molecular weight is 338 g/mol. The van der Waals surface area contributed by atoms with Gasteiger partial charge in [-0.3, -0.25) is 4.79 Å². The summed E-state index contributed by atoms with van der Waals surface area (Å²) in [5, 5.41) is 6.43. The van der Waals surface area contributed by atoms with Crippen molar-refractivity contribution in [3.63, 3.8) is 0 Å². The molecule has 0 atom stereocenters. The van der Waals surface area contributed by atoms with Crippen LogP contribution in [0.1, 0.15) is 47.8 Å². The summed E-state index contributed by atoms with van der Waals surface area (Å²) in [6.45, 7) is 8.22. The fraction of sp³-hybridized carbons (Fsp3) is 0.381. The molecule has 1 amide bonds. The van der Waals surface area contributed by atoms with Crippen molar-refractivity contribution in [3.05, 3.63) is 58.7 Å². The van der Waals surface area contributed by atoms with E-state index >= 15 is 0 Å². The smallest absolute Gasteiger partial charge is 0.259 e. The van der Waals surface area contributed by atoms with Crippen molar-refractivity contribution >= 4 is 11.6 Å². The third-order valence-corrected chi connectivity index (χ3v) is 4.70. The highest BCUT2D eigenvalue weighted by Crippen LogP contribution is 2.30. The molecule has 1 aliphatic rings. The van der Waals surface area contributed by atoms with E-state index in [1.165, 1.54) is 11.1 Å². The van der Waals surface area contributed by atoms with E-state index < -0.39 is 0 Å². The molecule has 0 fully saturated rings. The fourth-order valence-electron chi connectivity index (χ4n) is 3.18. The van der Waals surface area contributed by atoms with Crippen molar-refractivity contribution < 1.29 is 9.53 Å². The molecule has 2 aromatic rings. The standard InChI is InChI=1S/C21H26N2O2/c1-21(2,3)15-8-9-17(19(12-15)25-4)20(24)23-18-7-5-6-14-13-22-11-10-16(14)18/h5-9,12,22H,10-11,13H2,1-4H3,(H,23,24). The molecule has 0 aromatic heterocycles. The number of benzene rings is 2. The third-order valence-electron chi connectivity index (χ3n) is 4.70. The molecule has 1 aliphatic heterocycles. The highest BCUT2D eigenvalue weighted by atomic mass is 16.5. The second-order valence-electron chi connectivity index (χ2n) is 7.49. The Labute approximate surface area is 149 Å². The van der Waals surface area contributed by atoms with Crippen molar-refractivity contribution in [2.45, 2.75) is 39.2 Å². The van der Waals surface area contributed by atoms with Gasteiger partial charge < -0.3 is 15.4 Å². The minimum Gasteiger partial charge on any atom is -0.496 e. The van der Waals surface area contributed by atoms with Crippen molar-refractivity contribution in [1.29, 1.82) is 0 Å². The molecule has 3 rings (SSSR count). The maximum absolute atomic E-state index is 12.8. The predicted molar refractivity (Wildman–Crippen MR) is 101 cm³/mol. The van der Waals surface area contributed by atoms with Crippen LogP contribution in [0, 0.1) is 0 Å². The first kappa shape index (κ1) is 17.5. The predicted octanol–water partition coefficient (Wildman–Crippen LogP) is 3.89. The Balaban J connectivity index is 1.89. The zero-order valence-corrected chi connectivity index (χ0v) is 15.4. The molecule has 0 radical (unpaired) electrons. The Morgan fingerprint density at radius 2 is 2.00 bits per heavy atom. The molecule has 2 N–H and O–H groups in total. The largest absolute Gasteiger partial charge is 0.496 e. The van der Waals surface area contributed by atoms with Crippen LogP contribution in [0.2, 0.25) is 0 Å². The Morgan fingerprint density at radius 3 is 2.72 bits per heavy atom. The van der Waals surface area contributed by atoms with E-state index in [1.807, 2.05) is 30.3 Å². The van der Waals surface area contributed by atoms with Gasteiger partial charge in [-0.1, -0.05) is 39.0 Å². The van der Waals surface area contributed by atoms with Crippen LogP contribution in [0.5, 0.6) is 5.75 Å². The van der Waals surface area contributed by atoms with Gasteiger partial charge in [-0.2, -0.15) is 0 Å². The number of nitrogens with one attached hydrogen (secondary N) is 2. The molecule has 132 valence electrons. The molecule has 0 spiro atoms. The first-order valence-corrected chi connectivity index (χ1v) is 8.71. The van der Waals surface area contributed by atoms with Crippen molar-refractivity contribution in [3.8, 4) is 5.75 Å². The molecule has 0 saturated carbocycles. The summed E-state index contributed by atoms with van der Waals surface area (Å²) < 4.78 is 5.48. The summed E-state index contributed by atoms with van der Waals surface area (Å²) in [5.41, 5.74) is 5.07. The molecular formula is C21H26N2O2. The first-order chi connectivity index (χ1) is 11.9. The summed E-state index contributed by atoms with van der Waals surface area (Å²) >= 11 is 0. The van der Waals surface area contributed by atoms with Crippen LogP contribution in [0.4, 0.5) is 5.69 Å². The number of carbonyl (C=O) groups excluding carboxylic acids is 1. The molecule has 4 heteroatoms. The van der Waals surface area contributed by atoms with Gasteiger partial charge in [-0.05, 0) is 53.3 Å². The molecule has 4 nitrogen and oxygen atoms in total. The Kier molecular flexibility index (Phi) is 4.82. The van der Waals surface area contributed by atoms with Gasteiger partial charge in [0.15, 0.2) is 0 Å². The van der Waals surface area contributed by atoms with E-state index in [0.717, 1.165) is 30.8 Å². The Bertz CT molecular complexity index is 791. The zero-order valence-electron chi connectivity index (χ0n) is 15.4. The van der Waals surface area contributed by atoms with Crippen LogP contribution in [0.25, 0.3) is 0 Å². The molecule has 0 aliphatic carbocycles. The van der Waals surface area contributed by atoms with Gasteiger partial charge in [-0.15, -0.1) is 0 Å². The third kappa shape index (κ3) is 3.69. The monoisotopic (exact) mass is 338 g/mol. The quantitative estimate of drug-likeness (QED) is 0.893. The van der Waals surface area contributed by atoms with Crippen LogP contribution < -0.4 is 15.4 Å². The van der Waals surface area contributed by atoms with Crippen LogP contribution in [-0.2, 0) is 18.4 Å². The lowest BCUT2D eigenvalue weighted by Crippen LogP contribution is -2.25. The van der Waals surface area contributed by atoms with Gasteiger partial charge in [0.2, 0.25) is 0 Å². The average Bonchev–Trinajstić information content (AvgIpc) is 2.60. The number of hydrogen-bond donors (Lipinski definition) is 2. The minimum absolute atomic E-state index is 0.00773. The normalized spacial score (nSPS) is 13.9. The van der Waals surface area contributed by atoms with Gasteiger partial charge in [0.1, 0.15) is 5.75 Å². The Hall–Kier alpha value is -2.33. The van der Waals surface area contributed by atoms with E-state index in [2.05, 4.69) is 37.5 Å². The summed E-state index contributed by atoms with van der Waals surface area (Å²) in [6, 6.07) is 11.9. The molecule has 2 aromatic carbocycles. The van der Waals surface area contributed by atoms with E-state index in [1.54, 1.807) is 7.11 Å². The minimum atomic E-state index is -0.135. The van der Waals surface area contributed by atoms with Crippen molar-refractivity contribution in [2.24, 2.45) is 0 Å². The lowest BCUT2D eigenvalue weighted by atomic mass is 9.86. The Morgan fingerprint density at radius 1 is 1.20 bits per heavy atom. The number of methoxy groups -OCH3 is 1. The van der Waals surface area contributed by atoms with E-state index in [0.29, 0.717) is 11.3 Å². The zero-order chi connectivity index (χ0) is 18.0. The summed E-state index contributed by atoms with van der Waals surface area (Å²) in [6.07, 6.45) is 0.923. The highest BCUT2D eigenvalue weighted by Gasteiger charge is 2.20. The topological polar surface area (TPSA) is 50.4 Å². The van der Waals surface area contributed by atoms with Crippen molar-refractivity contribution in [1.82, 2.24) is 5.32 Å². The number of amides is 1. The number of fused-ring (bicyclic) bond motifs is 1. The summed E-state index contributed by atoms with van der Waals surface area (Å²) in [7, 11) is 1.61. The summed E-state index contributed by atoms with van der Waals surface area (Å²) in [5.74, 6) is 0.473. The van der Waals surface area contributed by atoms with Gasteiger partial charge in [0.25, 0.3) is 5.91 Å². The number of rotatable bonds is 3. The first-order valence-electron chi connectivity index (χ1n) is 8.71. The lowest BCUT2D eigenvalue weighted by Gasteiger charge is -2.22. The second-order valence-corrected chi connectivity index (χ2v) is 7.49. The van der Waals surface area contributed by atoms with Crippen LogP contribution in [0.3, 0.4) is 0 Å². The molecule has 0 unspecified atom stereocenters. The molecule has 1 heterocycles. The van der Waals surface area contributed by atoms with Gasteiger partial charge >= 0.3 is 0 Å². The maximum Gasteiger partial charge on any atom is 0.259 e. The van der Waals surface area contributed by atoms with Gasteiger partial charge in [0.05, 0.1) is 12.7 Å². The summed E-state index contributed by atoms with van der Waals surface area (Å²) in [4.78, 5) is 12.8. The molecule has 25 heavy (non-hydrogen) atoms. The van der Waals surface area contributed by atoms with Crippen LogP contribution >= 0.6 is 0 Å². The number of ether oxygens (including phenoxy) is 1. The maximum atomic E-state index is 12.8.